The summed E-state index contributed by atoms with van der Waals surface area (Å²) in [6.07, 6.45) is 3.28. The molecule has 3 heteroatoms. The number of hydrogen-bond donors (Lipinski definition) is 0. The third-order valence-corrected chi connectivity index (χ3v) is 4.41. The Hall–Kier alpha value is -0.570. The van der Waals surface area contributed by atoms with Crippen LogP contribution in [0.2, 0.25) is 0 Å². The van der Waals surface area contributed by atoms with Gasteiger partial charge in [0.15, 0.2) is 0 Å². The smallest absolute Gasteiger partial charge is 0.143 e. The van der Waals surface area contributed by atoms with E-state index in [1.807, 2.05) is 6.20 Å². The molecule has 0 bridgehead atoms. The largest absolute Gasteiger partial charge is 0.352 e. The van der Waals surface area contributed by atoms with Crippen LogP contribution in [0.4, 0.5) is 5.82 Å². The Kier molecular flexibility index (Phi) is 3.76. The molecule has 2 nitrogen and oxygen atoms in total. The summed E-state index contributed by atoms with van der Waals surface area (Å²) >= 11 is 3.65. The van der Waals surface area contributed by atoms with Crippen molar-refractivity contribution < 1.29 is 0 Å². The molecule has 0 spiro atoms. The lowest BCUT2D eigenvalue weighted by Gasteiger charge is -2.42. The zero-order valence-corrected chi connectivity index (χ0v) is 12.7. The normalized spacial score (nSPS) is 29.5. The molecule has 2 heterocycles. The minimum Gasteiger partial charge on any atom is -0.352 e. The van der Waals surface area contributed by atoms with E-state index in [1.54, 1.807) is 0 Å². The lowest BCUT2D eigenvalue weighted by atomic mass is 9.86. The van der Waals surface area contributed by atoms with Gasteiger partial charge in [-0.05, 0) is 59.7 Å². The first-order valence-corrected chi connectivity index (χ1v) is 7.17. The van der Waals surface area contributed by atoms with Crippen LogP contribution in [0, 0.1) is 18.8 Å². The van der Waals surface area contributed by atoms with Crippen LogP contribution in [-0.4, -0.2) is 17.6 Å². The second kappa shape index (κ2) is 4.97. The third kappa shape index (κ3) is 2.65. The van der Waals surface area contributed by atoms with Gasteiger partial charge in [-0.25, -0.2) is 4.98 Å². The molecule has 0 N–H and O–H groups in total. The van der Waals surface area contributed by atoms with Crippen LogP contribution in [0.25, 0.3) is 0 Å². The van der Waals surface area contributed by atoms with Crippen molar-refractivity contribution in [2.45, 2.75) is 40.2 Å². The Morgan fingerprint density at radius 1 is 1.35 bits per heavy atom. The van der Waals surface area contributed by atoms with Gasteiger partial charge in [-0.2, -0.15) is 0 Å². The monoisotopic (exact) mass is 296 g/mol. The number of rotatable bonds is 1. The maximum atomic E-state index is 4.60. The highest BCUT2D eigenvalue weighted by Gasteiger charge is 2.30. The molecule has 3 unspecified atom stereocenters. The van der Waals surface area contributed by atoms with Crippen LogP contribution < -0.4 is 4.90 Å². The number of nitrogens with zero attached hydrogens (tertiary/aromatic N) is 2. The van der Waals surface area contributed by atoms with Crippen molar-refractivity contribution in [2.24, 2.45) is 11.8 Å². The summed E-state index contributed by atoms with van der Waals surface area (Å²) in [5.41, 5.74) is 1.20. The fourth-order valence-electron chi connectivity index (χ4n) is 2.73. The molecule has 17 heavy (non-hydrogen) atoms. The van der Waals surface area contributed by atoms with Crippen molar-refractivity contribution in [2.75, 3.05) is 11.4 Å². The van der Waals surface area contributed by atoms with Gasteiger partial charge in [-0.3, -0.25) is 0 Å². The maximum Gasteiger partial charge on any atom is 0.143 e. The molecule has 0 aromatic carbocycles. The molecule has 1 aromatic heterocycles. The highest BCUT2D eigenvalue weighted by Crippen LogP contribution is 2.34. The van der Waals surface area contributed by atoms with Gasteiger partial charge in [0.25, 0.3) is 0 Å². The number of anilines is 1. The molecule has 0 radical (unpaired) electrons. The first kappa shape index (κ1) is 12.9. The molecule has 1 fully saturated rings. The molecule has 0 amide bonds. The first-order chi connectivity index (χ1) is 7.99. The van der Waals surface area contributed by atoms with Crippen molar-refractivity contribution in [1.82, 2.24) is 4.98 Å². The number of hydrogen-bond acceptors (Lipinski definition) is 2. The lowest BCUT2D eigenvalue weighted by molar-refractivity contribution is 0.295. The van der Waals surface area contributed by atoms with Crippen LogP contribution in [0.1, 0.15) is 32.8 Å². The van der Waals surface area contributed by atoms with Crippen molar-refractivity contribution in [1.29, 1.82) is 0 Å². The average molecular weight is 297 g/mol. The third-order valence-electron chi connectivity index (χ3n) is 3.83. The summed E-state index contributed by atoms with van der Waals surface area (Å²) < 4.78 is 1.12. The number of halogens is 1. The van der Waals surface area contributed by atoms with E-state index in [0.717, 1.165) is 28.7 Å². The molecule has 1 saturated heterocycles. The SMILES string of the molecule is Cc1cnc(N2CC(C)CC(C)C2C)c(Br)c1. The van der Waals surface area contributed by atoms with E-state index in [1.165, 1.54) is 12.0 Å². The quantitative estimate of drug-likeness (QED) is 0.778. The minimum absolute atomic E-state index is 0.567. The molecular formula is C14H21BrN2. The Morgan fingerprint density at radius 2 is 2.06 bits per heavy atom. The molecule has 1 aromatic rings. The van der Waals surface area contributed by atoms with Crippen molar-refractivity contribution in [3.63, 3.8) is 0 Å². The average Bonchev–Trinajstić information content (AvgIpc) is 2.24. The summed E-state index contributed by atoms with van der Waals surface area (Å²) in [6, 6.07) is 2.72. The van der Waals surface area contributed by atoms with Crippen LogP contribution >= 0.6 is 15.9 Å². The summed E-state index contributed by atoms with van der Waals surface area (Å²) in [6.45, 7) is 10.2. The molecular weight excluding hydrogens is 276 g/mol. The van der Waals surface area contributed by atoms with Gasteiger partial charge in [0.05, 0.1) is 4.47 Å². The molecule has 2 rings (SSSR count). The van der Waals surface area contributed by atoms with Gasteiger partial charge >= 0.3 is 0 Å². The van der Waals surface area contributed by atoms with Crippen LogP contribution in [-0.2, 0) is 0 Å². The van der Waals surface area contributed by atoms with E-state index in [9.17, 15) is 0 Å². The second-order valence-electron chi connectivity index (χ2n) is 5.53. The van der Waals surface area contributed by atoms with Crippen LogP contribution in [0.5, 0.6) is 0 Å². The molecule has 1 aliphatic heterocycles. The van der Waals surface area contributed by atoms with Crippen molar-refractivity contribution in [3.8, 4) is 0 Å². The summed E-state index contributed by atoms with van der Waals surface area (Å²) in [7, 11) is 0. The van der Waals surface area contributed by atoms with E-state index < -0.39 is 0 Å². The fraction of sp³-hybridized carbons (Fsp3) is 0.643. The predicted octanol–water partition coefficient (Wildman–Crippen LogP) is 4.02. The van der Waals surface area contributed by atoms with E-state index in [4.69, 9.17) is 0 Å². The second-order valence-corrected chi connectivity index (χ2v) is 6.38. The van der Waals surface area contributed by atoms with Crippen LogP contribution in [0.15, 0.2) is 16.7 Å². The summed E-state index contributed by atoms with van der Waals surface area (Å²) in [5, 5.41) is 0. The number of piperidine rings is 1. The molecule has 0 saturated carbocycles. The van der Waals surface area contributed by atoms with Crippen molar-refractivity contribution in [3.05, 3.63) is 22.3 Å². The van der Waals surface area contributed by atoms with Gasteiger partial charge in [0, 0.05) is 18.8 Å². The standard InChI is InChI=1S/C14H21BrN2/c1-9-6-13(15)14(16-7-9)17-8-10(2)5-11(3)12(17)4/h6-7,10-12H,5,8H2,1-4H3. The number of aromatic nitrogens is 1. The Balaban J connectivity index is 2.31. The zero-order valence-electron chi connectivity index (χ0n) is 11.1. The minimum atomic E-state index is 0.567. The zero-order chi connectivity index (χ0) is 12.6. The van der Waals surface area contributed by atoms with Gasteiger partial charge in [0.2, 0.25) is 0 Å². The van der Waals surface area contributed by atoms with Gasteiger partial charge < -0.3 is 4.90 Å². The Bertz CT molecular complexity index is 405. The molecule has 1 aliphatic rings. The molecule has 3 atom stereocenters. The van der Waals surface area contributed by atoms with E-state index in [2.05, 4.69) is 59.6 Å². The van der Waals surface area contributed by atoms with Crippen LogP contribution in [0.3, 0.4) is 0 Å². The first-order valence-electron chi connectivity index (χ1n) is 6.37. The Morgan fingerprint density at radius 3 is 2.71 bits per heavy atom. The van der Waals surface area contributed by atoms with E-state index in [-0.39, 0.29) is 0 Å². The molecule has 0 aliphatic carbocycles. The lowest BCUT2D eigenvalue weighted by Crippen LogP contribution is -2.46. The topological polar surface area (TPSA) is 16.1 Å². The highest BCUT2D eigenvalue weighted by molar-refractivity contribution is 9.10. The number of pyridine rings is 1. The summed E-state index contributed by atoms with van der Waals surface area (Å²) in [5.74, 6) is 2.58. The highest BCUT2D eigenvalue weighted by atomic mass is 79.9. The van der Waals surface area contributed by atoms with Gasteiger partial charge in [-0.1, -0.05) is 13.8 Å². The van der Waals surface area contributed by atoms with Gasteiger partial charge in [-0.15, -0.1) is 0 Å². The molecule has 94 valence electrons. The van der Waals surface area contributed by atoms with E-state index in [0.29, 0.717) is 6.04 Å². The fourth-order valence-corrected chi connectivity index (χ4v) is 3.42. The van der Waals surface area contributed by atoms with Crippen molar-refractivity contribution >= 4 is 21.7 Å². The van der Waals surface area contributed by atoms with E-state index >= 15 is 0 Å². The Labute approximate surface area is 113 Å². The number of aryl methyl sites for hydroxylation is 1. The maximum absolute atomic E-state index is 4.60. The summed E-state index contributed by atoms with van der Waals surface area (Å²) in [4.78, 5) is 7.05. The predicted molar refractivity (Wildman–Crippen MR) is 76.4 cm³/mol. The van der Waals surface area contributed by atoms with Gasteiger partial charge in [0.1, 0.15) is 5.82 Å².